The summed E-state index contributed by atoms with van der Waals surface area (Å²) in [5.41, 5.74) is 0.783. The SMILES string of the molecule is O=C(NC1CCCCCC1)[C@@H](c1ccc(Cl)cc1)N(C(=O)CCl)C1CC1. The molecule has 2 aliphatic carbocycles. The van der Waals surface area contributed by atoms with E-state index in [-0.39, 0.29) is 29.8 Å². The van der Waals surface area contributed by atoms with Gasteiger partial charge in [-0.1, -0.05) is 49.4 Å². The number of hydrogen-bond acceptors (Lipinski definition) is 2. The van der Waals surface area contributed by atoms with E-state index in [1.54, 1.807) is 17.0 Å². The van der Waals surface area contributed by atoms with Crippen molar-refractivity contribution in [2.75, 3.05) is 5.88 Å². The summed E-state index contributed by atoms with van der Waals surface area (Å²) in [6, 6.07) is 6.83. The number of nitrogens with zero attached hydrogens (tertiary/aromatic N) is 1. The molecule has 4 nitrogen and oxygen atoms in total. The Morgan fingerprint density at radius 3 is 2.19 bits per heavy atom. The molecule has 142 valence electrons. The maximum absolute atomic E-state index is 13.2. The maximum atomic E-state index is 13.2. The Kier molecular flexibility index (Phi) is 6.82. The van der Waals surface area contributed by atoms with Gasteiger partial charge in [-0.05, 0) is 43.4 Å². The van der Waals surface area contributed by atoms with Crippen LogP contribution in [-0.4, -0.2) is 34.7 Å². The van der Waals surface area contributed by atoms with Crippen LogP contribution in [0.1, 0.15) is 63.0 Å². The zero-order valence-electron chi connectivity index (χ0n) is 14.9. The van der Waals surface area contributed by atoms with Gasteiger partial charge in [-0.25, -0.2) is 0 Å². The Hall–Kier alpha value is -1.26. The van der Waals surface area contributed by atoms with Crippen molar-refractivity contribution in [2.45, 2.75) is 69.5 Å². The Bertz CT molecular complexity index is 623. The molecule has 1 aromatic rings. The van der Waals surface area contributed by atoms with Gasteiger partial charge in [0.2, 0.25) is 11.8 Å². The van der Waals surface area contributed by atoms with Gasteiger partial charge in [0, 0.05) is 17.1 Å². The summed E-state index contributed by atoms with van der Waals surface area (Å²) < 4.78 is 0. The molecule has 0 radical (unpaired) electrons. The van der Waals surface area contributed by atoms with Gasteiger partial charge >= 0.3 is 0 Å². The van der Waals surface area contributed by atoms with Crippen LogP contribution in [0.3, 0.4) is 0 Å². The van der Waals surface area contributed by atoms with Crippen LogP contribution in [0.5, 0.6) is 0 Å². The number of amides is 2. The van der Waals surface area contributed by atoms with E-state index in [1.165, 1.54) is 12.8 Å². The summed E-state index contributed by atoms with van der Waals surface area (Å²) in [6.07, 6.45) is 8.59. The molecule has 1 aromatic carbocycles. The molecule has 0 saturated heterocycles. The lowest BCUT2D eigenvalue weighted by molar-refractivity contribution is -0.140. The molecule has 2 saturated carbocycles. The average molecular weight is 397 g/mol. The summed E-state index contributed by atoms with van der Waals surface area (Å²) in [5.74, 6) is -0.410. The molecule has 6 heteroatoms. The third-order valence-corrected chi connectivity index (χ3v) is 5.74. The number of hydrogen-bond donors (Lipinski definition) is 1. The highest BCUT2D eigenvalue weighted by molar-refractivity contribution is 6.30. The van der Waals surface area contributed by atoms with E-state index in [0.29, 0.717) is 5.02 Å². The first-order valence-corrected chi connectivity index (χ1v) is 10.4. The Balaban J connectivity index is 1.84. The molecule has 0 bridgehead atoms. The molecule has 0 unspecified atom stereocenters. The number of carbonyl (C=O) groups is 2. The van der Waals surface area contributed by atoms with Crippen molar-refractivity contribution in [1.29, 1.82) is 0 Å². The number of rotatable bonds is 6. The van der Waals surface area contributed by atoms with E-state index in [2.05, 4.69) is 5.32 Å². The average Bonchev–Trinajstić information content (AvgIpc) is 3.48. The monoisotopic (exact) mass is 396 g/mol. The Labute approximate surface area is 165 Å². The van der Waals surface area contributed by atoms with Crippen molar-refractivity contribution in [2.24, 2.45) is 0 Å². The first-order valence-electron chi connectivity index (χ1n) is 9.53. The van der Waals surface area contributed by atoms with E-state index in [1.807, 2.05) is 12.1 Å². The minimum atomic E-state index is -0.644. The Morgan fingerprint density at radius 1 is 1.04 bits per heavy atom. The minimum Gasteiger partial charge on any atom is -0.351 e. The summed E-state index contributed by atoms with van der Waals surface area (Å²) in [4.78, 5) is 27.4. The minimum absolute atomic E-state index is 0.0989. The summed E-state index contributed by atoms with van der Waals surface area (Å²) in [6.45, 7) is 0. The van der Waals surface area contributed by atoms with Gasteiger partial charge in [0.1, 0.15) is 11.9 Å². The summed E-state index contributed by atoms with van der Waals surface area (Å²) in [5, 5.41) is 3.81. The molecule has 2 amide bonds. The van der Waals surface area contributed by atoms with Gasteiger partial charge in [0.15, 0.2) is 0 Å². The first kappa shape index (κ1) is 19.5. The van der Waals surface area contributed by atoms with Gasteiger partial charge in [0.05, 0.1) is 0 Å². The molecule has 2 fully saturated rings. The predicted molar refractivity (Wildman–Crippen MR) is 104 cm³/mol. The third-order valence-electron chi connectivity index (χ3n) is 5.26. The van der Waals surface area contributed by atoms with Crippen molar-refractivity contribution >= 4 is 35.0 Å². The fourth-order valence-corrected chi connectivity index (χ4v) is 4.03. The second-order valence-electron chi connectivity index (χ2n) is 7.32. The fourth-order valence-electron chi connectivity index (χ4n) is 3.77. The Morgan fingerprint density at radius 2 is 1.65 bits per heavy atom. The van der Waals surface area contributed by atoms with Gasteiger partial charge in [0.25, 0.3) is 0 Å². The number of benzene rings is 1. The second-order valence-corrected chi connectivity index (χ2v) is 8.02. The molecule has 0 aliphatic heterocycles. The quantitative estimate of drug-likeness (QED) is 0.570. The van der Waals surface area contributed by atoms with Gasteiger partial charge in [-0.3, -0.25) is 9.59 Å². The number of nitrogens with one attached hydrogen (secondary N) is 1. The van der Waals surface area contributed by atoms with Crippen LogP contribution in [0, 0.1) is 0 Å². The van der Waals surface area contributed by atoms with Crippen LogP contribution in [-0.2, 0) is 9.59 Å². The van der Waals surface area contributed by atoms with Crippen molar-refractivity contribution < 1.29 is 9.59 Å². The zero-order chi connectivity index (χ0) is 18.5. The van der Waals surface area contributed by atoms with Crippen LogP contribution in [0.4, 0.5) is 0 Å². The van der Waals surface area contributed by atoms with E-state index in [0.717, 1.165) is 44.1 Å². The summed E-state index contributed by atoms with van der Waals surface area (Å²) >= 11 is 11.9. The van der Waals surface area contributed by atoms with Crippen molar-refractivity contribution in [3.05, 3.63) is 34.9 Å². The highest BCUT2D eigenvalue weighted by atomic mass is 35.5. The van der Waals surface area contributed by atoms with E-state index < -0.39 is 6.04 Å². The van der Waals surface area contributed by atoms with Crippen LogP contribution in [0.2, 0.25) is 5.02 Å². The van der Waals surface area contributed by atoms with Gasteiger partial charge < -0.3 is 10.2 Å². The molecule has 0 heterocycles. The van der Waals surface area contributed by atoms with Crippen LogP contribution < -0.4 is 5.32 Å². The highest BCUT2D eigenvalue weighted by Gasteiger charge is 2.41. The highest BCUT2D eigenvalue weighted by Crippen LogP contribution is 2.35. The number of carbonyl (C=O) groups excluding carboxylic acids is 2. The molecule has 0 aromatic heterocycles. The normalized spacial score (nSPS) is 19.5. The van der Waals surface area contributed by atoms with Gasteiger partial charge in [-0.15, -0.1) is 11.6 Å². The largest absolute Gasteiger partial charge is 0.351 e. The number of alkyl halides is 1. The lowest BCUT2D eigenvalue weighted by Crippen LogP contribution is -2.47. The topological polar surface area (TPSA) is 49.4 Å². The molecule has 1 atom stereocenters. The molecular formula is C20H26Cl2N2O2. The maximum Gasteiger partial charge on any atom is 0.247 e. The predicted octanol–water partition coefficient (Wildman–Crippen LogP) is 4.45. The number of halogens is 2. The van der Waals surface area contributed by atoms with Crippen molar-refractivity contribution in [3.8, 4) is 0 Å². The lowest BCUT2D eigenvalue weighted by Gasteiger charge is -2.32. The van der Waals surface area contributed by atoms with E-state index >= 15 is 0 Å². The lowest BCUT2D eigenvalue weighted by atomic mass is 10.0. The molecule has 1 N–H and O–H groups in total. The first-order chi connectivity index (χ1) is 12.6. The van der Waals surface area contributed by atoms with Gasteiger partial charge in [-0.2, -0.15) is 0 Å². The second kappa shape index (κ2) is 9.09. The van der Waals surface area contributed by atoms with E-state index in [4.69, 9.17) is 23.2 Å². The van der Waals surface area contributed by atoms with Crippen LogP contribution in [0.25, 0.3) is 0 Å². The van der Waals surface area contributed by atoms with Crippen LogP contribution in [0.15, 0.2) is 24.3 Å². The molecule has 3 rings (SSSR count). The molecule has 26 heavy (non-hydrogen) atoms. The fraction of sp³-hybridized carbons (Fsp3) is 0.600. The summed E-state index contributed by atoms with van der Waals surface area (Å²) in [7, 11) is 0. The molecular weight excluding hydrogens is 371 g/mol. The zero-order valence-corrected chi connectivity index (χ0v) is 16.4. The molecule has 0 spiro atoms. The van der Waals surface area contributed by atoms with E-state index in [9.17, 15) is 9.59 Å². The van der Waals surface area contributed by atoms with Crippen molar-refractivity contribution in [1.82, 2.24) is 10.2 Å². The third kappa shape index (κ3) is 4.92. The van der Waals surface area contributed by atoms with Crippen LogP contribution >= 0.6 is 23.2 Å². The standard InChI is InChI=1S/C20H26Cl2N2O2/c21-13-18(25)24(17-11-12-17)19(14-7-9-15(22)10-8-14)20(26)23-16-5-3-1-2-4-6-16/h7-10,16-17,19H,1-6,11-13H2,(H,23,26)/t19-/m1/s1. The smallest absolute Gasteiger partial charge is 0.247 e. The van der Waals surface area contributed by atoms with Crippen molar-refractivity contribution in [3.63, 3.8) is 0 Å². The molecule has 2 aliphatic rings.